The summed E-state index contributed by atoms with van der Waals surface area (Å²) in [6.07, 6.45) is 0.896. The van der Waals surface area contributed by atoms with Crippen molar-refractivity contribution in [2.45, 2.75) is 83.7 Å². The standard InChI is InChI=1S/C25H36N2O6/c1-24(2,3)14-13-18-19(28)20(33-25(4,5)32-18)21(31-6)23(30)27-17-12-11-15-9-7-8-10-16(15)26-22(17)29/h7-10,13-14,17-21,28H,11-12H2,1-6H3,(H,26,29)(H,27,30)/b14-13+/t17?,18-,19+,20-,21-/m1/s1. The number of allylic oxidation sites excluding steroid dienone is 1. The first-order valence-electron chi connectivity index (χ1n) is 11.4. The summed E-state index contributed by atoms with van der Waals surface area (Å²) >= 11 is 0. The van der Waals surface area contributed by atoms with Crippen molar-refractivity contribution in [3.63, 3.8) is 0 Å². The minimum Gasteiger partial charge on any atom is -0.387 e. The summed E-state index contributed by atoms with van der Waals surface area (Å²) in [7, 11) is 1.38. The lowest BCUT2D eigenvalue weighted by molar-refractivity contribution is -0.334. The molecule has 33 heavy (non-hydrogen) atoms. The van der Waals surface area contributed by atoms with Gasteiger partial charge in [-0.05, 0) is 43.7 Å². The number of aliphatic hydroxyl groups is 1. The van der Waals surface area contributed by atoms with E-state index in [4.69, 9.17) is 14.2 Å². The van der Waals surface area contributed by atoms with Gasteiger partial charge in [-0.2, -0.15) is 0 Å². The lowest BCUT2D eigenvalue weighted by Crippen LogP contribution is -2.61. The number of para-hydroxylation sites is 1. The fourth-order valence-corrected chi connectivity index (χ4v) is 4.08. The van der Waals surface area contributed by atoms with Gasteiger partial charge in [-0.25, -0.2) is 0 Å². The quantitative estimate of drug-likeness (QED) is 0.583. The van der Waals surface area contributed by atoms with Gasteiger partial charge in [0.2, 0.25) is 5.91 Å². The zero-order chi connectivity index (χ0) is 24.4. The van der Waals surface area contributed by atoms with Crippen LogP contribution in [0.5, 0.6) is 0 Å². The van der Waals surface area contributed by atoms with Gasteiger partial charge in [-0.15, -0.1) is 0 Å². The molecular formula is C25H36N2O6. The number of rotatable bonds is 5. The Hall–Kier alpha value is -2.26. The van der Waals surface area contributed by atoms with Crippen LogP contribution in [-0.2, 0) is 30.2 Å². The second kappa shape index (κ2) is 9.93. The number of aliphatic hydroxyl groups excluding tert-OH is 1. The molecule has 8 nitrogen and oxygen atoms in total. The number of fused-ring (bicyclic) bond motifs is 1. The molecule has 2 heterocycles. The summed E-state index contributed by atoms with van der Waals surface area (Å²) in [4.78, 5) is 25.9. The number of methoxy groups -OCH3 is 1. The van der Waals surface area contributed by atoms with Crippen LogP contribution < -0.4 is 10.6 Å². The molecule has 0 spiro atoms. The molecule has 2 amide bonds. The maximum atomic E-state index is 13.2. The Morgan fingerprint density at radius 3 is 2.67 bits per heavy atom. The molecule has 1 saturated heterocycles. The molecule has 0 aliphatic carbocycles. The van der Waals surface area contributed by atoms with Gasteiger partial charge in [0.05, 0.1) is 0 Å². The maximum absolute atomic E-state index is 13.2. The molecule has 3 N–H and O–H groups in total. The van der Waals surface area contributed by atoms with Crippen LogP contribution in [0.2, 0.25) is 0 Å². The van der Waals surface area contributed by atoms with E-state index in [0.717, 1.165) is 11.3 Å². The Labute approximate surface area is 195 Å². The molecule has 2 aliphatic heterocycles. The van der Waals surface area contributed by atoms with Crippen molar-refractivity contribution < 1.29 is 28.9 Å². The largest absolute Gasteiger partial charge is 0.387 e. The van der Waals surface area contributed by atoms with Gasteiger partial charge >= 0.3 is 0 Å². The van der Waals surface area contributed by atoms with Crippen LogP contribution in [0.1, 0.15) is 46.6 Å². The van der Waals surface area contributed by atoms with E-state index in [2.05, 4.69) is 10.6 Å². The van der Waals surface area contributed by atoms with Crippen LogP contribution in [0.25, 0.3) is 0 Å². The molecule has 0 bridgehead atoms. The average Bonchev–Trinajstić information content (AvgIpc) is 2.87. The van der Waals surface area contributed by atoms with Crippen molar-refractivity contribution in [2.75, 3.05) is 12.4 Å². The number of aryl methyl sites for hydroxylation is 1. The van der Waals surface area contributed by atoms with Crippen molar-refractivity contribution in [3.05, 3.63) is 42.0 Å². The lowest BCUT2D eigenvalue weighted by Gasteiger charge is -2.45. The van der Waals surface area contributed by atoms with E-state index >= 15 is 0 Å². The molecule has 3 rings (SSSR count). The molecule has 1 unspecified atom stereocenters. The fraction of sp³-hybridized carbons (Fsp3) is 0.600. The predicted octanol–water partition coefficient (Wildman–Crippen LogP) is 2.55. The summed E-state index contributed by atoms with van der Waals surface area (Å²) in [6, 6.07) is 6.84. The number of hydrogen-bond acceptors (Lipinski definition) is 6. The third kappa shape index (κ3) is 6.41. The zero-order valence-corrected chi connectivity index (χ0v) is 20.3. The third-order valence-corrected chi connectivity index (χ3v) is 5.72. The third-order valence-electron chi connectivity index (χ3n) is 5.72. The highest BCUT2D eigenvalue weighted by molar-refractivity contribution is 5.99. The van der Waals surface area contributed by atoms with E-state index in [0.29, 0.717) is 12.8 Å². The molecule has 182 valence electrons. The molecule has 1 aromatic rings. The van der Waals surface area contributed by atoms with E-state index in [-0.39, 0.29) is 11.3 Å². The molecule has 8 heteroatoms. The highest BCUT2D eigenvalue weighted by Crippen LogP contribution is 2.31. The minimum absolute atomic E-state index is 0.108. The lowest BCUT2D eigenvalue weighted by atomic mass is 9.93. The summed E-state index contributed by atoms with van der Waals surface area (Å²) < 4.78 is 17.3. The molecular weight excluding hydrogens is 424 g/mol. The van der Waals surface area contributed by atoms with Crippen LogP contribution in [0.4, 0.5) is 5.69 Å². The highest BCUT2D eigenvalue weighted by atomic mass is 16.7. The average molecular weight is 461 g/mol. The molecule has 0 saturated carbocycles. The van der Waals surface area contributed by atoms with Crippen molar-refractivity contribution in [2.24, 2.45) is 5.41 Å². The first-order chi connectivity index (χ1) is 15.4. The number of nitrogens with one attached hydrogen (secondary N) is 2. The SMILES string of the molecule is CO[C@@H](C(=O)NC1CCc2ccccc2NC1=O)[C@@H]1OC(C)(C)O[C@H](/C=C/C(C)(C)C)[C@@H]1O. The van der Waals surface area contributed by atoms with Gasteiger partial charge in [0.25, 0.3) is 5.91 Å². The van der Waals surface area contributed by atoms with Gasteiger partial charge in [-0.1, -0.05) is 51.1 Å². The normalized spacial score (nSPS) is 28.5. The number of ether oxygens (including phenoxy) is 3. The van der Waals surface area contributed by atoms with Crippen LogP contribution in [0.3, 0.4) is 0 Å². The maximum Gasteiger partial charge on any atom is 0.252 e. The van der Waals surface area contributed by atoms with E-state index in [1.807, 2.05) is 51.1 Å². The number of anilines is 1. The van der Waals surface area contributed by atoms with E-state index in [1.165, 1.54) is 7.11 Å². The number of carbonyl (C=O) groups is 2. The van der Waals surface area contributed by atoms with Crippen molar-refractivity contribution >= 4 is 17.5 Å². The van der Waals surface area contributed by atoms with Gasteiger partial charge < -0.3 is 30.0 Å². The second-order valence-electron chi connectivity index (χ2n) is 10.2. The summed E-state index contributed by atoms with van der Waals surface area (Å²) in [5.41, 5.74) is 1.66. The summed E-state index contributed by atoms with van der Waals surface area (Å²) in [6.45, 7) is 9.58. The first kappa shape index (κ1) is 25.4. The predicted molar refractivity (Wildman–Crippen MR) is 125 cm³/mol. The molecule has 1 fully saturated rings. The van der Waals surface area contributed by atoms with Gasteiger partial charge in [0.1, 0.15) is 24.4 Å². The second-order valence-corrected chi connectivity index (χ2v) is 10.2. The van der Waals surface area contributed by atoms with Crippen LogP contribution in [-0.4, -0.2) is 60.3 Å². The van der Waals surface area contributed by atoms with Gasteiger partial charge in [-0.3, -0.25) is 9.59 Å². The van der Waals surface area contributed by atoms with Crippen LogP contribution >= 0.6 is 0 Å². The zero-order valence-electron chi connectivity index (χ0n) is 20.3. The first-order valence-corrected chi connectivity index (χ1v) is 11.4. The van der Waals surface area contributed by atoms with Crippen LogP contribution in [0, 0.1) is 5.41 Å². The summed E-state index contributed by atoms with van der Waals surface area (Å²) in [5, 5.41) is 16.6. The van der Waals surface area contributed by atoms with E-state index in [1.54, 1.807) is 19.9 Å². The number of benzene rings is 1. The fourth-order valence-electron chi connectivity index (χ4n) is 4.08. The molecule has 5 atom stereocenters. The topological polar surface area (TPSA) is 106 Å². The van der Waals surface area contributed by atoms with E-state index in [9.17, 15) is 14.7 Å². The van der Waals surface area contributed by atoms with Crippen LogP contribution in [0.15, 0.2) is 36.4 Å². The van der Waals surface area contributed by atoms with Gasteiger partial charge in [0.15, 0.2) is 11.9 Å². The highest BCUT2D eigenvalue weighted by Gasteiger charge is 2.48. The summed E-state index contributed by atoms with van der Waals surface area (Å²) in [5.74, 6) is -1.86. The molecule has 1 aromatic carbocycles. The molecule has 0 aromatic heterocycles. The van der Waals surface area contributed by atoms with Crippen molar-refractivity contribution in [3.8, 4) is 0 Å². The molecule has 0 radical (unpaired) electrons. The van der Waals surface area contributed by atoms with E-state index < -0.39 is 42.2 Å². The van der Waals surface area contributed by atoms with Crippen molar-refractivity contribution in [1.29, 1.82) is 0 Å². The smallest absolute Gasteiger partial charge is 0.252 e. The monoisotopic (exact) mass is 460 g/mol. The Morgan fingerprint density at radius 1 is 1.30 bits per heavy atom. The Bertz CT molecular complexity index is 891. The Morgan fingerprint density at radius 2 is 2.00 bits per heavy atom. The van der Waals surface area contributed by atoms with Crippen molar-refractivity contribution in [1.82, 2.24) is 5.32 Å². The molecule has 2 aliphatic rings. The number of hydrogen-bond donors (Lipinski definition) is 3. The van der Waals surface area contributed by atoms with Gasteiger partial charge in [0, 0.05) is 12.8 Å². The Kier molecular flexibility index (Phi) is 7.63. The Balaban J connectivity index is 1.74. The number of amides is 2. The number of carbonyl (C=O) groups excluding carboxylic acids is 2. The minimum atomic E-state index is -1.14.